The van der Waals surface area contributed by atoms with E-state index in [0.717, 1.165) is 38.9 Å². The fraction of sp³-hybridized carbons (Fsp3) is 0.923. The smallest absolute Gasteiger partial charge is 0.225 e. The van der Waals surface area contributed by atoms with Crippen LogP contribution in [0, 0.1) is 11.8 Å². The Morgan fingerprint density at radius 1 is 1.38 bits per heavy atom. The molecule has 0 aromatic rings. The van der Waals surface area contributed by atoms with E-state index in [1.165, 1.54) is 6.42 Å². The third-order valence-corrected chi connectivity index (χ3v) is 3.92. The van der Waals surface area contributed by atoms with Crippen molar-refractivity contribution in [3.63, 3.8) is 0 Å². The molecule has 2 aliphatic rings. The van der Waals surface area contributed by atoms with E-state index < -0.39 is 0 Å². The minimum atomic E-state index is 0.361. The summed E-state index contributed by atoms with van der Waals surface area (Å²) < 4.78 is 0. The SMILES string of the molecule is CCCNC1CCN(C(=O)C2CC2C)CC1. The van der Waals surface area contributed by atoms with Crippen LogP contribution in [0.25, 0.3) is 0 Å². The summed E-state index contributed by atoms with van der Waals surface area (Å²) in [4.78, 5) is 14.1. The van der Waals surface area contributed by atoms with E-state index in [9.17, 15) is 4.79 Å². The second-order valence-corrected chi connectivity index (χ2v) is 5.37. The maximum absolute atomic E-state index is 12.0. The second kappa shape index (κ2) is 5.17. The maximum Gasteiger partial charge on any atom is 0.225 e. The van der Waals surface area contributed by atoms with Crippen molar-refractivity contribution in [1.29, 1.82) is 0 Å². The zero-order chi connectivity index (χ0) is 11.5. The number of hydrogen-bond donors (Lipinski definition) is 1. The number of piperidine rings is 1. The van der Waals surface area contributed by atoms with Crippen LogP contribution in [-0.2, 0) is 4.79 Å². The van der Waals surface area contributed by atoms with Crippen LogP contribution in [0.5, 0.6) is 0 Å². The van der Waals surface area contributed by atoms with E-state index in [0.29, 0.717) is 23.8 Å². The number of carbonyl (C=O) groups is 1. The summed E-state index contributed by atoms with van der Waals surface area (Å²) in [7, 11) is 0. The Kier molecular flexibility index (Phi) is 3.85. The third kappa shape index (κ3) is 2.76. The number of hydrogen-bond acceptors (Lipinski definition) is 2. The number of amides is 1. The van der Waals surface area contributed by atoms with Gasteiger partial charge in [-0.2, -0.15) is 0 Å². The predicted molar refractivity (Wildman–Crippen MR) is 65.2 cm³/mol. The Bertz CT molecular complexity index is 246. The summed E-state index contributed by atoms with van der Waals surface area (Å²) >= 11 is 0. The lowest BCUT2D eigenvalue weighted by atomic mass is 10.0. The van der Waals surface area contributed by atoms with Crippen LogP contribution in [0.4, 0.5) is 0 Å². The van der Waals surface area contributed by atoms with Gasteiger partial charge in [-0.25, -0.2) is 0 Å². The molecule has 0 aromatic heterocycles. The van der Waals surface area contributed by atoms with Gasteiger partial charge in [0.25, 0.3) is 0 Å². The van der Waals surface area contributed by atoms with Crippen LogP contribution in [0.2, 0.25) is 0 Å². The Morgan fingerprint density at radius 3 is 2.50 bits per heavy atom. The molecule has 92 valence electrons. The molecule has 1 amide bonds. The van der Waals surface area contributed by atoms with E-state index >= 15 is 0 Å². The van der Waals surface area contributed by atoms with Gasteiger partial charge in [0.1, 0.15) is 0 Å². The molecule has 0 radical (unpaired) electrons. The number of rotatable bonds is 4. The highest BCUT2D eigenvalue weighted by Gasteiger charge is 2.41. The van der Waals surface area contributed by atoms with Crippen molar-refractivity contribution in [1.82, 2.24) is 10.2 Å². The van der Waals surface area contributed by atoms with Crippen LogP contribution >= 0.6 is 0 Å². The highest BCUT2D eigenvalue weighted by atomic mass is 16.2. The Hall–Kier alpha value is -0.570. The molecule has 0 aromatic carbocycles. The quantitative estimate of drug-likeness (QED) is 0.787. The molecule has 3 nitrogen and oxygen atoms in total. The highest BCUT2D eigenvalue weighted by molar-refractivity contribution is 5.81. The molecule has 3 heteroatoms. The van der Waals surface area contributed by atoms with E-state index in [4.69, 9.17) is 0 Å². The van der Waals surface area contributed by atoms with E-state index in [2.05, 4.69) is 24.1 Å². The Morgan fingerprint density at radius 2 is 2.00 bits per heavy atom. The standard InChI is InChI=1S/C13H24N2O/c1-3-6-14-11-4-7-15(8-5-11)13(16)12-9-10(12)2/h10-12,14H,3-9H2,1-2H3. The molecule has 0 bridgehead atoms. The minimum Gasteiger partial charge on any atom is -0.342 e. The van der Waals surface area contributed by atoms with Crippen molar-refractivity contribution in [2.75, 3.05) is 19.6 Å². The first kappa shape index (κ1) is 11.9. The van der Waals surface area contributed by atoms with E-state index in [1.807, 2.05) is 0 Å². The van der Waals surface area contributed by atoms with Gasteiger partial charge in [-0.15, -0.1) is 0 Å². The van der Waals surface area contributed by atoms with Gasteiger partial charge in [-0.1, -0.05) is 13.8 Å². The number of likely N-dealkylation sites (tertiary alicyclic amines) is 1. The number of carbonyl (C=O) groups excluding carboxylic acids is 1. The summed E-state index contributed by atoms with van der Waals surface area (Å²) in [6, 6.07) is 0.639. The average Bonchev–Trinajstić information content (AvgIpc) is 3.03. The summed E-state index contributed by atoms with van der Waals surface area (Å²) in [5, 5.41) is 3.55. The van der Waals surface area contributed by atoms with Crippen LogP contribution in [0.3, 0.4) is 0 Å². The molecule has 16 heavy (non-hydrogen) atoms. The van der Waals surface area contributed by atoms with Crippen molar-refractivity contribution in [2.45, 2.75) is 45.6 Å². The second-order valence-electron chi connectivity index (χ2n) is 5.37. The van der Waals surface area contributed by atoms with Gasteiger partial charge in [0.15, 0.2) is 0 Å². The first-order valence-electron chi connectivity index (χ1n) is 6.74. The zero-order valence-corrected chi connectivity index (χ0v) is 10.5. The third-order valence-electron chi connectivity index (χ3n) is 3.92. The van der Waals surface area contributed by atoms with Crippen molar-refractivity contribution < 1.29 is 4.79 Å². The van der Waals surface area contributed by atoms with Crippen LogP contribution in [-0.4, -0.2) is 36.5 Å². The fourth-order valence-corrected chi connectivity index (χ4v) is 2.55. The van der Waals surface area contributed by atoms with Gasteiger partial charge < -0.3 is 10.2 Å². The minimum absolute atomic E-state index is 0.361. The van der Waals surface area contributed by atoms with Crippen LogP contribution < -0.4 is 5.32 Å². The van der Waals surface area contributed by atoms with Crippen molar-refractivity contribution in [3.05, 3.63) is 0 Å². The molecular weight excluding hydrogens is 200 g/mol. The topological polar surface area (TPSA) is 32.3 Å². The lowest BCUT2D eigenvalue weighted by Crippen LogP contribution is -2.45. The number of nitrogens with zero attached hydrogens (tertiary/aromatic N) is 1. The molecule has 2 unspecified atom stereocenters. The van der Waals surface area contributed by atoms with Gasteiger partial charge in [0, 0.05) is 25.0 Å². The predicted octanol–water partition coefficient (Wildman–Crippen LogP) is 1.63. The molecule has 1 N–H and O–H groups in total. The molecule has 2 rings (SSSR count). The van der Waals surface area contributed by atoms with Crippen molar-refractivity contribution in [2.24, 2.45) is 11.8 Å². The van der Waals surface area contributed by atoms with Gasteiger partial charge in [0.05, 0.1) is 0 Å². The van der Waals surface area contributed by atoms with Crippen molar-refractivity contribution in [3.8, 4) is 0 Å². The van der Waals surface area contributed by atoms with Gasteiger partial charge in [-0.3, -0.25) is 4.79 Å². The normalized spacial score (nSPS) is 30.5. The fourth-order valence-electron chi connectivity index (χ4n) is 2.55. The highest BCUT2D eigenvalue weighted by Crippen LogP contribution is 2.39. The molecule has 2 atom stereocenters. The van der Waals surface area contributed by atoms with Crippen LogP contribution in [0.15, 0.2) is 0 Å². The van der Waals surface area contributed by atoms with E-state index in [-0.39, 0.29) is 0 Å². The molecule has 1 saturated carbocycles. The lowest BCUT2D eigenvalue weighted by molar-refractivity contribution is -0.134. The first-order chi connectivity index (χ1) is 7.72. The Balaban J connectivity index is 1.70. The first-order valence-corrected chi connectivity index (χ1v) is 6.74. The molecule has 1 heterocycles. The largest absolute Gasteiger partial charge is 0.342 e. The molecule has 2 fully saturated rings. The van der Waals surface area contributed by atoms with Gasteiger partial charge in [0.2, 0.25) is 5.91 Å². The molecule has 1 saturated heterocycles. The Labute approximate surface area is 98.6 Å². The zero-order valence-electron chi connectivity index (χ0n) is 10.5. The van der Waals surface area contributed by atoms with Crippen molar-refractivity contribution >= 4 is 5.91 Å². The molecule has 0 spiro atoms. The monoisotopic (exact) mass is 224 g/mol. The van der Waals surface area contributed by atoms with Gasteiger partial charge >= 0.3 is 0 Å². The maximum atomic E-state index is 12.0. The van der Waals surface area contributed by atoms with E-state index in [1.54, 1.807) is 0 Å². The van der Waals surface area contributed by atoms with Gasteiger partial charge in [-0.05, 0) is 38.1 Å². The van der Waals surface area contributed by atoms with Crippen LogP contribution in [0.1, 0.15) is 39.5 Å². The summed E-state index contributed by atoms with van der Waals surface area (Å²) in [6.45, 7) is 7.41. The summed E-state index contributed by atoms with van der Waals surface area (Å²) in [5.41, 5.74) is 0. The average molecular weight is 224 g/mol. The molecular formula is C13H24N2O. The number of nitrogens with one attached hydrogen (secondary N) is 1. The molecule has 1 aliphatic heterocycles. The summed E-state index contributed by atoms with van der Waals surface area (Å²) in [6.07, 6.45) is 4.57. The molecule has 1 aliphatic carbocycles. The summed E-state index contributed by atoms with van der Waals surface area (Å²) in [5.74, 6) is 1.42. The lowest BCUT2D eigenvalue weighted by Gasteiger charge is -2.32.